The van der Waals surface area contributed by atoms with Gasteiger partial charge in [0.05, 0.1) is 13.2 Å². The maximum atomic E-state index is 12.6. The molecule has 1 amide bonds. The third-order valence-corrected chi connectivity index (χ3v) is 5.49. The van der Waals surface area contributed by atoms with E-state index >= 15 is 0 Å². The number of rotatable bonds is 8. The number of carbonyl (C=O) groups is 1. The van der Waals surface area contributed by atoms with Crippen LogP contribution in [0.2, 0.25) is 5.02 Å². The van der Waals surface area contributed by atoms with Crippen LogP contribution in [0.1, 0.15) is 30.0 Å². The third kappa shape index (κ3) is 6.46. The van der Waals surface area contributed by atoms with E-state index in [-0.39, 0.29) is 5.91 Å². The van der Waals surface area contributed by atoms with Gasteiger partial charge in [-0.05, 0) is 48.2 Å². The monoisotopic (exact) mass is 416 g/mol. The van der Waals surface area contributed by atoms with Crippen LogP contribution in [-0.2, 0) is 22.6 Å². The zero-order chi connectivity index (χ0) is 20.6. The maximum absolute atomic E-state index is 12.6. The Morgan fingerprint density at radius 1 is 1.17 bits per heavy atom. The first-order valence-corrected chi connectivity index (χ1v) is 10.5. The van der Waals surface area contributed by atoms with E-state index in [4.69, 9.17) is 21.1 Å². The molecule has 5 nitrogen and oxygen atoms in total. The van der Waals surface area contributed by atoms with E-state index in [1.54, 1.807) is 12.1 Å². The molecule has 1 aliphatic heterocycles. The topological polar surface area (TPSA) is 50.8 Å². The fraction of sp³-hybridized carbons (Fsp3) is 0.435. The molecule has 1 N–H and O–H groups in total. The van der Waals surface area contributed by atoms with Crippen LogP contribution in [0.15, 0.2) is 42.5 Å². The molecule has 1 aliphatic rings. The molecule has 0 aromatic heterocycles. The molecule has 1 saturated heterocycles. The van der Waals surface area contributed by atoms with Crippen LogP contribution in [0.4, 0.5) is 0 Å². The fourth-order valence-corrected chi connectivity index (χ4v) is 3.38. The average Bonchev–Trinajstić information content (AvgIpc) is 2.74. The van der Waals surface area contributed by atoms with Gasteiger partial charge in [-0.25, -0.2) is 0 Å². The van der Waals surface area contributed by atoms with Crippen molar-refractivity contribution in [3.63, 3.8) is 0 Å². The summed E-state index contributed by atoms with van der Waals surface area (Å²) in [5.74, 6) is 0.541. The quantitative estimate of drug-likeness (QED) is 0.707. The molecule has 0 unspecified atom stereocenters. The Balaban J connectivity index is 1.49. The Morgan fingerprint density at radius 2 is 1.86 bits per heavy atom. The van der Waals surface area contributed by atoms with Crippen molar-refractivity contribution in [2.45, 2.75) is 39.5 Å². The van der Waals surface area contributed by atoms with Crippen LogP contribution in [0.5, 0.6) is 5.75 Å². The van der Waals surface area contributed by atoms with Crippen LogP contribution in [-0.4, -0.2) is 43.2 Å². The molecule has 0 saturated carbocycles. The number of nitrogens with zero attached hydrogens (tertiary/aromatic N) is 1. The highest BCUT2D eigenvalue weighted by Gasteiger charge is 2.18. The van der Waals surface area contributed by atoms with E-state index in [9.17, 15) is 4.79 Å². The summed E-state index contributed by atoms with van der Waals surface area (Å²) in [4.78, 5) is 14.9. The third-order valence-electron chi connectivity index (χ3n) is 5.07. The van der Waals surface area contributed by atoms with Gasteiger partial charge in [-0.15, -0.1) is 0 Å². The Hall–Kier alpha value is -2.08. The van der Waals surface area contributed by atoms with Gasteiger partial charge >= 0.3 is 0 Å². The number of amides is 1. The van der Waals surface area contributed by atoms with Gasteiger partial charge in [0.25, 0.3) is 5.91 Å². The highest BCUT2D eigenvalue weighted by atomic mass is 35.5. The zero-order valence-electron chi connectivity index (χ0n) is 17.1. The summed E-state index contributed by atoms with van der Waals surface area (Å²) in [6, 6.07) is 13.8. The molecule has 29 heavy (non-hydrogen) atoms. The molecule has 1 heterocycles. The number of morpholine rings is 1. The summed E-state index contributed by atoms with van der Waals surface area (Å²) >= 11 is 6.05. The highest BCUT2D eigenvalue weighted by Crippen LogP contribution is 2.22. The van der Waals surface area contributed by atoms with Gasteiger partial charge in [-0.1, -0.05) is 42.8 Å². The molecule has 1 fully saturated rings. The SMILES string of the molecule is CC[C@H](Oc1ccc(Cl)c(C)c1)C(=O)NCc1ccc(CN2CCOCC2)cc1. The first-order valence-electron chi connectivity index (χ1n) is 10.1. The van der Waals surface area contributed by atoms with Gasteiger partial charge in [-0.2, -0.15) is 0 Å². The maximum Gasteiger partial charge on any atom is 0.261 e. The molecule has 0 radical (unpaired) electrons. The summed E-state index contributed by atoms with van der Waals surface area (Å²) in [6.45, 7) is 8.83. The summed E-state index contributed by atoms with van der Waals surface area (Å²) in [6.07, 6.45) is 0.0580. The average molecular weight is 417 g/mol. The minimum Gasteiger partial charge on any atom is -0.481 e. The number of hydrogen-bond acceptors (Lipinski definition) is 4. The van der Waals surface area contributed by atoms with Crippen LogP contribution in [0, 0.1) is 6.92 Å². The number of benzene rings is 2. The standard InChI is InChI=1S/C23H29ClN2O3/c1-3-22(29-20-8-9-21(24)17(2)14-20)23(27)25-15-18-4-6-19(7-5-18)16-26-10-12-28-13-11-26/h4-9,14,22H,3,10-13,15-16H2,1-2H3,(H,25,27)/t22-/m0/s1. The van der Waals surface area contributed by atoms with Crippen molar-refractivity contribution in [3.8, 4) is 5.75 Å². The highest BCUT2D eigenvalue weighted by molar-refractivity contribution is 6.31. The number of aryl methyl sites for hydroxylation is 1. The molecule has 2 aromatic carbocycles. The van der Waals surface area contributed by atoms with Crippen molar-refractivity contribution >= 4 is 17.5 Å². The fourth-order valence-electron chi connectivity index (χ4n) is 3.26. The molecule has 3 rings (SSSR count). The zero-order valence-corrected chi connectivity index (χ0v) is 17.9. The summed E-state index contributed by atoms with van der Waals surface area (Å²) in [5, 5.41) is 3.67. The minimum absolute atomic E-state index is 0.113. The lowest BCUT2D eigenvalue weighted by Gasteiger charge is -2.26. The molecule has 0 spiro atoms. The molecular formula is C23H29ClN2O3. The van der Waals surface area contributed by atoms with Crippen LogP contribution < -0.4 is 10.1 Å². The lowest BCUT2D eigenvalue weighted by atomic mass is 10.1. The van der Waals surface area contributed by atoms with Gasteiger partial charge in [0.2, 0.25) is 0 Å². The molecular weight excluding hydrogens is 388 g/mol. The molecule has 0 aliphatic carbocycles. The van der Waals surface area contributed by atoms with Gasteiger partial charge < -0.3 is 14.8 Å². The van der Waals surface area contributed by atoms with Gasteiger partial charge in [0, 0.05) is 31.2 Å². The van der Waals surface area contributed by atoms with Crippen LogP contribution in [0.3, 0.4) is 0 Å². The predicted molar refractivity (Wildman–Crippen MR) is 115 cm³/mol. The van der Waals surface area contributed by atoms with E-state index in [1.165, 1.54) is 5.56 Å². The number of hydrogen-bond donors (Lipinski definition) is 1. The van der Waals surface area contributed by atoms with E-state index in [1.807, 2.05) is 19.9 Å². The summed E-state index contributed by atoms with van der Waals surface area (Å²) < 4.78 is 11.3. The van der Waals surface area contributed by atoms with Crippen molar-refractivity contribution in [2.75, 3.05) is 26.3 Å². The van der Waals surface area contributed by atoms with Crippen molar-refractivity contribution in [2.24, 2.45) is 0 Å². The van der Waals surface area contributed by atoms with Crippen molar-refractivity contribution in [1.82, 2.24) is 10.2 Å². The molecule has 1 atom stereocenters. The number of carbonyl (C=O) groups excluding carboxylic acids is 1. The van der Waals surface area contributed by atoms with E-state index in [0.29, 0.717) is 23.7 Å². The van der Waals surface area contributed by atoms with E-state index in [0.717, 1.165) is 44.0 Å². The lowest BCUT2D eigenvalue weighted by molar-refractivity contribution is -0.128. The molecule has 6 heteroatoms. The smallest absolute Gasteiger partial charge is 0.261 e. The Kier molecular flexibility index (Phi) is 7.92. The Labute approximate surface area is 177 Å². The Bertz CT molecular complexity index is 804. The molecule has 2 aromatic rings. The predicted octanol–water partition coefficient (Wildman–Crippen LogP) is 3.95. The summed E-state index contributed by atoms with van der Waals surface area (Å²) in [7, 11) is 0. The second-order valence-corrected chi connectivity index (χ2v) is 7.76. The van der Waals surface area contributed by atoms with Gasteiger partial charge in [0.1, 0.15) is 5.75 Å². The lowest BCUT2D eigenvalue weighted by Crippen LogP contribution is -2.37. The van der Waals surface area contributed by atoms with Gasteiger partial charge in [0.15, 0.2) is 6.10 Å². The Morgan fingerprint density at radius 3 is 2.52 bits per heavy atom. The van der Waals surface area contributed by atoms with E-state index < -0.39 is 6.10 Å². The normalized spacial score (nSPS) is 15.7. The number of ether oxygens (including phenoxy) is 2. The number of nitrogens with one attached hydrogen (secondary N) is 1. The summed E-state index contributed by atoms with van der Waals surface area (Å²) in [5.41, 5.74) is 3.27. The first kappa shape index (κ1) is 21.6. The largest absolute Gasteiger partial charge is 0.481 e. The minimum atomic E-state index is -0.531. The molecule has 156 valence electrons. The molecule has 0 bridgehead atoms. The second-order valence-electron chi connectivity index (χ2n) is 7.35. The van der Waals surface area contributed by atoms with Gasteiger partial charge in [-0.3, -0.25) is 9.69 Å². The second kappa shape index (κ2) is 10.6. The van der Waals surface area contributed by atoms with Crippen molar-refractivity contribution < 1.29 is 14.3 Å². The van der Waals surface area contributed by atoms with Crippen LogP contribution >= 0.6 is 11.6 Å². The first-order chi connectivity index (χ1) is 14.0. The number of halogens is 1. The van der Waals surface area contributed by atoms with Crippen molar-refractivity contribution in [3.05, 3.63) is 64.2 Å². The van der Waals surface area contributed by atoms with Crippen molar-refractivity contribution in [1.29, 1.82) is 0 Å². The van der Waals surface area contributed by atoms with E-state index in [2.05, 4.69) is 34.5 Å². The van der Waals surface area contributed by atoms with Crippen LogP contribution in [0.25, 0.3) is 0 Å².